The molecule has 0 aliphatic carbocycles. The smallest absolute Gasteiger partial charge is 0.264 e. The summed E-state index contributed by atoms with van der Waals surface area (Å²) in [5.74, 6) is 0.222. The van der Waals surface area contributed by atoms with Gasteiger partial charge < -0.3 is 0 Å². The van der Waals surface area contributed by atoms with Gasteiger partial charge in [-0.15, -0.1) is 0 Å². The number of hydrogen-bond acceptors (Lipinski definition) is 3. The molecule has 1 aromatic carbocycles. The first kappa shape index (κ1) is 14.0. The fourth-order valence-corrected chi connectivity index (χ4v) is 2.98. The molecule has 21 heavy (non-hydrogen) atoms. The fourth-order valence-electron chi connectivity index (χ4n) is 2.40. The molecule has 0 amide bonds. The van der Waals surface area contributed by atoms with Gasteiger partial charge in [0.1, 0.15) is 5.39 Å². The molecule has 2 aromatic heterocycles. The van der Waals surface area contributed by atoms with Gasteiger partial charge in [0.25, 0.3) is 5.56 Å². The van der Waals surface area contributed by atoms with Crippen molar-refractivity contribution >= 4 is 27.0 Å². The number of benzene rings is 1. The maximum absolute atomic E-state index is 12.5. The van der Waals surface area contributed by atoms with E-state index in [4.69, 9.17) is 0 Å². The molecule has 0 bridgehead atoms. The number of halogens is 1. The van der Waals surface area contributed by atoms with Gasteiger partial charge >= 0.3 is 0 Å². The zero-order valence-electron chi connectivity index (χ0n) is 11.6. The van der Waals surface area contributed by atoms with E-state index in [9.17, 15) is 4.79 Å². The summed E-state index contributed by atoms with van der Waals surface area (Å²) in [6.45, 7) is 0.589. The average molecular weight is 347 g/mol. The zero-order valence-corrected chi connectivity index (χ0v) is 13.2. The first-order chi connectivity index (χ1) is 10.2. The van der Waals surface area contributed by atoms with Crippen LogP contribution in [0.3, 0.4) is 0 Å². The van der Waals surface area contributed by atoms with Gasteiger partial charge in [-0.25, -0.2) is 4.98 Å². The summed E-state index contributed by atoms with van der Waals surface area (Å²) in [6.07, 6.45) is 3.18. The Morgan fingerprint density at radius 2 is 2.05 bits per heavy atom. The lowest BCUT2D eigenvalue weighted by atomic mass is 10.0. The molecular weight excluding hydrogens is 332 g/mol. The molecule has 108 valence electrons. The van der Waals surface area contributed by atoms with E-state index in [0.29, 0.717) is 17.6 Å². The van der Waals surface area contributed by atoms with E-state index in [2.05, 4.69) is 38.1 Å². The van der Waals surface area contributed by atoms with Gasteiger partial charge in [-0.2, -0.15) is 5.10 Å². The molecule has 0 fully saturated rings. The fraction of sp³-hybridized carbons (Fsp3) is 0.267. The summed E-state index contributed by atoms with van der Waals surface area (Å²) < 4.78 is 3.27. The van der Waals surface area contributed by atoms with Crippen LogP contribution in [-0.4, -0.2) is 24.7 Å². The second-order valence-corrected chi connectivity index (χ2v) is 5.62. The molecule has 1 atom stereocenters. The zero-order chi connectivity index (χ0) is 14.8. The predicted octanol–water partition coefficient (Wildman–Crippen LogP) is 2.31. The molecule has 0 spiro atoms. The van der Waals surface area contributed by atoms with Crippen LogP contribution in [0, 0.1) is 0 Å². The topological polar surface area (TPSA) is 52.7 Å². The molecule has 3 rings (SSSR count). The minimum atomic E-state index is -0.0463. The molecule has 0 N–H and O–H groups in total. The Kier molecular flexibility index (Phi) is 3.88. The Labute approximate surface area is 130 Å². The number of alkyl halides is 1. The van der Waals surface area contributed by atoms with Crippen molar-refractivity contribution in [2.45, 2.75) is 12.5 Å². The third-order valence-electron chi connectivity index (χ3n) is 3.59. The molecular formula is C15H15BrN4O. The molecule has 0 aliphatic rings. The van der Waals surface area contributed by atoms with Crippen molar-refractivity contribution in [2.75, 3.05) is 5.33 Å². The van der Waals surface area contributed by atoms with Crippen molar-refractivity contribution < 1.29 is 0 Å². The first-order valence-electron chi connectivity index (χ1n) is 6.68. The lowest BCUT2D eigenvalue weighted by molar-refractivity contribution is 0.583. The normalized spacial score (nSPS) is 12.7. The molecule has 1 unspecified atom stereocenters. The van der Waals surface area contributed by atoms with Crippen molar-refractivity contribution in [1.29, 1.82) is 0 Å². The molecule has 6 heteroatoms. The molecule has 0 saturated carbocycles. The van der Waals surface area contributed by atoms with Crippen LogP contribution in [0.25, 0.3) is 11.0 Å². The molecule has 0 saturated heterocycles. The van der Waals surface area contributed by atoms with Crippen LogP contribution in [0.2, 0.25) is 0 Å². The van der Waals surface area contributed by atoms with Crippen LogP contribution in [0.15, 0.2) is 47.7 Å². The minimum Gasteiger partial charge on any atom is -0.298 e. The second kappa shape index (κ2) is 5.81. The van der Waals surface area contributed by atoms with Gasteiger partial charge in [-0.05, 0) is 5.56 Å². The van der Waals surface area contributed by atoms with E-state index in [0.717, 1.165) is 5.33 Å². The summed E-state index contributed by atoms with van der Waals surface area (Å²) in [4.78, 5) is 16.8. The number of hydrogen-bond donors (Lipinski definition) is 0. The van der Waals surface area contributed by atoms with Gasteiger partial charge in [-0.3, -0.25) is 14.0 Å². The summed E-state index contributed by atoms with van der Waals surface area (Å²) in [5.41, 5.74) is 1.77. The monoisotopic (exact) mass is 346 g/mol. The van der Waals surface area contributed by atoms with Gasteiger partial charge in [0.15, 0.2) is 5.65 Å². The highest BCUT2D eigenvalue weighted by Gasteiger charge is 2.14. The Bertz CT molecular complexity index is 809. The van der Waals surface area contributed by atoms with Crippen molar-refractivity contribution in [2.24, 2.45) is 7.05 Å². The largest absolute Gasteiger partial charge is 0.298 e. The van der Waals surface area contributed by atoms with Gasteiger partial charge in [0, 0.05) is 24.8 Å². The highest BCUT2D eigenvalue weighted by atomic mass is 79.9. The predicted molar refractivity (Wildman–Crippen MR) is 85.7 cm³/mol. The lowest BCUT2D eigenvalue weighted by Gasteiger charge is -2.15. The number of aromatic nitrogens is 4. The van der Waals surface area contributed by atoms with Gasteiger partial charge in [0.2, 0.25) is 0 Å². The van der Waals surface area contributed by atoms with Crippen LogP contribution in [0.5, 0.6) is 0 Å². The quantitative estimate of drug-likeness (QED) is 0.681. The second-order valence-electron chi connectivity index (χ2n) is 4.97. The lowest BCUT2D eigenvalue weighted by Crippen LogP contribution is -2.24. The number of rotatable bonds is 4. The van der Waals surface area contributed by atoms with Crippen LogP contribution < -0.4 is 5.56 Å². The van der Waals surface area contributed by atoms with Gasteiger partial charge in [0.05, 0.1) is 12.5 Å². The number of aryl methyl sites for hydroxylation is 1. The third-order valence-corrected chi connectivity index (χ3v) is 4.37. The summed E-state index contributed by atoms with van der Waals surface area (Å²) >= 11 is 3.54. The SMILES string of the molecule is Cn1ncc2c(=O)n(CC(CBr)c3ccccc3)cnc21. The van der Waals surface area contributed by atoms with Crippen molar-refractivity contribution in [3.63, 3.8) is 0 Å². The first-order valence-corrected chi connectivity index (χ1v) is 7.81. The van der Waals surface area contributed by atoms with E-state index in [1.54, 1.807) is 28.8 Å². The van der Waals surface area contributed by atoms with Crippen molar-refractivity contribution in [3.8, 4) is 0 Å². The Morgan fingerprint density at radius 3 is 2.76 bits per heavy atom. The van der Waals surface area contributed by atoms with E-state index in [1.165, 1.54) is 5.56 Å². The Morgan fingerprint density at radius 1 is 1.29 bits per heavy atom. The Hall–Kier alpha value is -1.95. The molecule has 3 aromatic rings. The summed E-state index contributed by atoms with van der Waals surface area (Å²) in [7, 11) is 1.78. The third kappa shape index (κ3) is 2.63. The van der Waals surface area contributed by atoms with Crippen molar-refractivity contribution in [1.82, 2.24) is 19.3 Å². The number of fused-ring (bicyclic) bond motifs is 1. The highest BCUT2D eigenvalue weighted by Crippen LogP contribution is 2.19. The van der Waals surface area contributed by atoms with E-state index in [-0.39, 0.29) is 11.5 Å². The average Bonchev–Trinajstić information content (AvgIpc) is 2.90. The maximum atomic E-state index is 12.5. The van der Waals surface area contributed by atoms with Crippen LogP contribution in [-0.2, 0) is 13.6 Å². The summed E-state index contributed by atoms with van der Waals surface area (Å²) in [6, 6.07) is 10.2. The van der Waals surface area contributed by atoms with E-state index >= 15 is 0 Å². The maximum Gasteiger partial charge on any atom is 0.264 e. The van der Waals surface area contributed by atoms with E-state index < -0.39 is 0 Å². The standard InChI is InChI=1S/C15H15BrN4O/c1-19-14-13(8-18-19)15(21)20(10-17-14)9-12(7-16)11-5-3-2-4-6-11/h2-6,8,10,12H,7,9H2,1H3. The molecule has 0 aliphatic heterocycles. The number of nitrogens with zero attached hydrogens (tertiary/aromatic N) is 4. The minimum absolute atomic E-state index is 0.0463. The highest BCUT2D eigenvalue weighted by molar-refractivity contribution is 9.09. The van der Waals surface area contributed by atoms with E-state index in [1.807, 2.05) is 18.2 Å². The van der Waals surface area contributed by atoms with Crippen molar-refractivity contribution in [3.05, 3.63) is 58.8 Å². The molecule has 2 heterocycles. The Balaban J connectivity index is 1.97. The summed E-state index contributed by atoms with van der Waals surface area (Å²) in [5, 5.41) is 5.43. The van der Waals surface area contributed by atoms with Crippen LogP contribution in [0.4, 0.5) is 0 Å². The molecule has 0 radical (unpaired) electrons. The van der Waals surface area contributed by atoms with Crippen LogP contribution in [0.1, 0.15) is 11.5 Å². The van der Waals surface area contributed by atoms with Crippen LogP contribution >= 0.6 is 15.9 Å². The van der Waals surface area contributed by atoms with Gasteiger partial charge in [-0.1, -0.05) is 46.3 Å². The molecule has 5 nitrogen and oxygen atoms in total.